The molecule has 2 rings (SSSR count). The van der Waals surface area contributed by atoms with Crippen LogP contribution in [0.15, 0.2) is 54.6 Å². The number of benzene rings is 2. The van der Waals surface area contributed by atoms with Crippen LogP contribution in [0.1, 0.15) is 18.1 Å². The second kappa shape index (κ2) is 7.71. The Hall–Kier alpha value is -1.80. The minimum Gasteiger partial charge on any atom is -0.497 e. The molecule has 20 heavy (non-hydrogen) atoms. The first-order chi connectivity index (χ1) is 9.81. The van der Waals surface area contributed by atoms with E-state index in [9.17, 15) is 0 Å². The van der Waals surface area contributed by atoms with Gasteiger partial charge in [0.2, 0.25) is 0 Å². The lowest BCUT2D eigenvalue weighted by Gasteiger charge is -2.20. The number of likely N-dealkylation sites (N-methyl/N-ethyl adjacent to an activating group) is 1. The Labute approximate surface area is 122 Å². The minimum absolute atomic E-state index is 0.922. The number of hydrogen-bond acceptors (Lipinski definition) is 2. The van der Waals surface area contributed by atoms with Crippen molar-refractivity contribution in [1.29, 1.82) is 0 Å². The quantitative estimate of drug-likeness (QED) is 0.759. The molecule has 0 aliphatic carbocycles. The molecule has 0 saturated heterocycles. The molecule has 0 aromatic heterocycles. The maximum atomic E-state index is 5.18. The number of nitrogens with zero attached hydrogens (tertiary/aromatic N) is 1. The van der Waals surface area contributed by atoms with E-state index in [0.29, 0.717) is 0 Å². The fourth-order valence-electron chi connectivity index (χ4n) is 2.27. The monoisotopic (exact) mass is 269 g/mol. The Bertz CT molecular complexity index is 493. The standard InChI is InChI=1S/C18H23NO/c1-3-19(15-17-7-5-4-6-8-17)14-13-16-9-11-18(20-2)12-10-16/h4-12H,3,13-15H2,1-2H3. The molecular formula is C18H23NO. The van der Waals surface area contributed by atoms with Gasteiger partial charge in [-0.1, -0.05) is 49.4 Å². The van der Waals surface area contributed by atoms with Gasteiger partial charge in [-0.15, -0.1) is 0 Å². The second-order valence-electron chi connectivity index (χ2n) is 4.95. The molecule has 0 heterocycles. The molecule has 0 aliphatic rings. The molecule has 2 aromatic rings. The zero-order valence-corrected chi connectivity index (χ0v) is 12.4. The molecule has 2 aromatic carbocycles. The molecule has 0 fully saturated rings. The second-order valence-corrected chi connectivity index (χ2v) is 4.95. The van der Waals surface area contributed by atoms with Crippen molar-refractivity contribution in [3.8, 4) is 5.75 Å². The Kier molecular flexibility index (Phi) is 5.63. The van der Waals surface area contributed by atoms with Gasteiger partial charge in [-0.25, -0.2) is 0 Å². The van der Waals surface area contributed by atoms with E-state index >= 15 is 0 Å². The van der Waals surface area contributed by atoms with Crippen molar-refractivity contribution in [1.82, 2.24) is 4.90 Å². The highest BCUT2D eigenvalue weighted by atomic mass is 16.5. The van der Waals surface area contributed by atoms with E-state index in [0.717, 1.165) is 31.8 Å². The highest BCUT2D eigenvalue weighted by Crippen LogP contribution is 2.12. The third kappa shape index (κ3) is 4.39. The van der Waals surface area contributed by atoms with Gasteiger partial charge in [0.1, 0.15) is 5.75 Å². The number of methoxy groups -OCH3 is 1. The predicted molar refractivity (Wildman–Crippen MR) is 84.1 cm³/mol. The van der Waals surface area contributed by atoms with Gasteiger partial charge in [0.25, 0.3) is 0 Å². The van der Waals surface area contributed by atoms with Crippen LogP contribution >= 0.6 is 0 Å². The largest absolute Gasteiger partial charge is 0.497 e. The summed E-state index contributed by atoms with van der Waals surface area (Å²) < 4.78 is 5.18. The molecule has 0 unspecified atom stereocenters. The molecule has 0 N–H and O–H groups in total. The Morgan fingerprint density at radius 1 is 0.900 bits per heavy atom. The summed E-state index contributed by atoms with van der Waals surface area (Å²) in [5, 5.41) is 0. The van der Waals surface area contributed by atoms with Crippen LogP contribution in [-0.4, -0.2) is 25.1 Å². The third-order valence-electron chi connectivity index (χ3n) is 3.57. The first-order valence-electron chi connectivity index (χ1n) is 7.21. The van der Waals surface area contributed by atoms with Crippen LogP contribution in [0, 0.1) is 0 Å². The fraction of sp³-hybridized carbons (Fsp3) is 0.333. The Morgan fingerprint density at radius 2 is 1.60 bits per heavy atom. The molecule has 106 valence electrons. The van der Waals surface area contributed by atoms with Crippen molar-refractivity contribution in [2.75, 3.05) is 20.2 Å². The van der Waals surface area contributed by atoms with Crippen molar-refractivity contribution in [3.63, 3.8) is 0 Å². The first-order valence-corrected chi connectivity index (χ1v) is 7.21. The van der Waals surface area contributed by atoms with E-state index in [-0.39, 0.29) is 0 Å². The van der Waals surface area contributed by atoms with Gasteiger partial charge in [-0.3, -0.25) is 4.90 Å². The molecule has 0 saturated carbocycles. The fourth-order valence-corrected chi connectivity index (χ4v) is 2.27. The van der Waals surface area contributed by atoms with Gasteiger partial charge in [0.15, 0.2) is 0 Å². The average molecular weight is 269 g/mol. The van der Waals surface area contributed by atoms with Crippen molar-refractivity contribution < 1.29 is 4.74 Å². The molecule has 2 nitrogen and oxygen atoms in total. The zero-order valence-electron chi connectivity index (χ0n) is 12.4. The number of rotatable bonds is 7. The lowest BCUT2D eigenvalue weighted by molar-refractivity contribution is 0.283. The van der Waals surface area contributed by atoms with Gasteiger partial charge in [0, 0.05) is 13.1 Å². The van der Waals surface area contributed by atoms with Gasteiger partial charge < -0.3 is 4.74 Å². The summed E-state index contributed by atoms with van der Waals surface area (Å²) in [7, 11) is 1.70. The van der Waals surface area contributed by atoms with Crippen molar-refractivity contribution >= 4 is 0 Å². The van der Waals surface area contributed by atoms with Crippen molar-refractivity contribution in [3.05, 3.63) is 65.7 Å². The van der Waals surface area contributed by atoms with Crippen LogP contribution in [0.2, 0.25) is 0 Å². The van der Waals surface area contributed by atoms with Gasteiger partial charge >= 0.3 is 0 Å². The summed E-state index contributed by atoms with van der Waals surface area (Å²) in [6, 6.07) is 19.0. The Balaban J connectivity index is 1.86. The highest BCUT2D eigenvalue weighted by Gasteiger charge is 2.04. The maximum absolute atomic E-state index is 5.18. The first kappa shape index (κ1) is 14.6. The molecule has 2 heteroatoms. The summed E-state index contributed by atoms with van der Waals surface area (Å²) in [5.74, 6) is 0.922. The smallest absolute Gasteiger partial charge is 0.118 e. The van der Waals surface area contributed by atoms with Crippen LogP contribution in [0.4, 0.5) is 0 Å². The van der Waals surface area contributed by atoms with Gasteiger partial charge in [0.05, 0.1) is 7.11 Å². The zero-order chi connectivity index (χ0) is 14.2. The van der Waals surface area contributed by atoms with E-state index in [4.69, 9.17) is 4.74 Å². The maximum Gasteiger partial charge on any atom is 0.118 e. The molecule has 0 amide bonds. The summed E-state index contributed by atoms with van der Waals surface area (Å²) in [4.78, 5) is 2.47. The van der Waals surface area contributed by atoms with E-state index in [1.807, 2.05) is 12.1 Å². The lowest BCUT2D eigenvalue weighted by Crippen LogP contribution is -2.25. The summed E-state index contributed by atoms with van der Waals surface area (Å²) in [5.41, 5.74) is 2.74. The van der Waals surface area contributed by atoms with Crippen molar-refractivity contribution in [2.45, 2.75) is 19.9 Å². The van der Waals surface area contributed by atoms with Gasteiger partial charge in [-0.2, -0.15) is 0 Å². The molecule has 0 aliphatic heterocycles. The van der Waals surface area contributed by atoms with Crippen LogP contribution in [0.5, 0.6) is 5.75 Å². The highest BCUT2D eigenvalue weighted by molar-refractivity contribution is 5.27. The molecular weight excluding hydrogens is 246 g/mol. The van der Waals surface area contributed by atoms with Crippen LogP contribution in [0.3, 0.4) is 0 Å². The summed E-state index contributed by atoms with van der Waals surface area (Å²) in [6.07, 6.45) is 1.07. The van der Waals surface area contributed by atoms with E-state index in [2.05, 4.69) is 54.3 Å². The number of hydrogen-bond donors (Lipinski definition) is 0. The Morgan fingerprint density at radius 3 is 2.20 bits per heavy atom. The lowest BCUT2D eigenvalue weighted by atomic mass is 10.1. The molecule has 0 atom stereocenters. The van der Waals surface area contributed by atoms with Crippen LogP contribution in [0.25, 0.3) is 0 Å². The van der Waals surface area contributed by atoms with E-state index < -0.39 is 0 Å². The third-order valence-corrected chi connectivity index (χ3v) is 3.57. The van der Waals surface area contributed by atoms with Crippen LogP contribution < -0.4 is 4.74 Å². The summed E-state index contributed by atoms with van der Waals surface area (Å²) >= 11 is 0. The van der Waals surface area contributed by atoms with E-state index in [1.165, 1.54) is 11.1 Å². The molecule has 0 radical (unpaired) electrons. The topological polar surface area (TPSA) is 12.5 Å². The van der Waals surface area contributed by atoms with Gasteiger partial charge in [-0.05, 0) is 36.2 Å². The van der Waals surface area contributed by atoms with Crippen molar-refractivity contribution in [2.24, 2.45) is 0 Å². The molecule has 0 bridgehead atoms. The van der Waals surface area contributed by atoms with Crippen LogP contribution in [-0.2, 0) is 13.0 Å². The van der Waals surface area contributed by atoms with E-state index in [1.54, 1.807) is 7.11 Å². The molecule has 0 spiro atoms. The SMILES string of the molecule is CCN(CCc1ccc(OC)cc1)Cc1ccccc1. The predicted octanol–water partition coefficient (Wildman–Crippen LogP) is 3.76. The average Bonchev–Trinajstić information content (AvgIpc) is 2.53. The number of ether oxygens (including phenoxy) is 1. The normalized spacial score (nSPS) is 10.8. The summed E-state index contributed by atoms with van der Waals surface area (Å²) in [6.45, 7) is 5.40. The minimum atomic E-state index is 0.922.